The van der Waals surface area contributed by atoms with Crippen LogP contribution in [0.15, 0.2) is 60.7 Å². The third kappa shape index (κ3) is 2.80. The molecule has 0 saturated heterocycles. The Hall–Kier alpha value is -1.60. The van der Waals surface area contributed by atoms with Crippen molar-refractivity contribution in [2.45, 2.75) is 18.8 Å². The molecule has 0 N–H and O–H groups in total. The topological polar surface area (TPSA) is 17.1 Å². The van der Waals surface area contributed by atoms with E-state index in [2.05, 4.69) is 0 Å². The van der Waals surface area contributed by atoms with E-state index >= 15 is 0 Å². The van der Waals surface area contributed by atoms with Gasteiger partial charge in [-0.2, -0.15) is 0 Å². The van der Waals surface area contributed by atoms with Gasteiger partial charge in [-0.25, -0.2) is 0 Å². The Morgan fingerprint density at radius 1 is 0.889 bits per heavy atom. The first-order chi connectivity index (χ1) is 8.70. The second-order valence-electron chi connectivity index (χ2n) is 4.39. The van der Waals surface area contributed by atoms with Gasteiger partial charge in [0, 0.05) is 0 Å². The van der Waals surface area contributed by atoms with Crippen LogP contribution in [0.25, 0.3) is 0 Å². The molecule has 1 nitrogen and oxygen atoms in total. The van der Waals surface area contributed by atoms with Gasteiger partial charge in [0.25, 0.3) is 0 Å². The zero-order valence-corrected chi connectivity index (χ0v) is 11.0. The van der Waals surface area contributed by atoms with E-state index in [1.54, 1.807) is 0 Å². The fourth-order valence-electron chi connectivity index (χ4n) is 2.23. The van der Waals surface area contributed by atoms with E-state index in [0.29, 0.717) is 0 Å². The van der Waals surface area contributed by atoms with Crippen LogP contribution in [-0.4, -0.2) is 5.24 Å². The highest BCUT2D eigenvalue weighted by molar-refractivity contribution is 6.64. The molecule has 0 radical (unpaired) electrons. The molecule has 0 aliphatic rings. The summed E-state index contributed by atoms with van der Waals surface area (Å²) in [5.74, 6) is -0.228. The van der Waals surface area contributed by atoms with Crippen molar-refractivity contribution in [2.24, 2.45) is 0 Å². The molecule has 0 fully saturated rings. The molecule has 2 atom stereocenters. The molecule has 0 saturated carbocycles. The van der Waals surface area contributed by atoms with Crippen molar-refractivity contribution in [2.75, 3.05) is 0 Å². The summed E-state index contributed by atoms with van der Waals surface area (Å²) in [6.07, 6.45) is 0. The van der Waals surface area contributed by atoms with Gasteiger partial charge in [-0.1, -0.05) is 67.6 Å². The number of rotatable bonds is 4. The van der Waals surface area contributed by atoms with Crippen molar-refractivity contribution in [1.29, 1.82) is 0 Å². The Kier molecular flexibility index (Phi) is 4.16. The van der Waals surface area contributed by atoms with Crippen molar-refractivity contribution in [3.63, 3.8) is 0 Å². The van der Waals surface area contributed by atoms with E-state index in [0.717, 1.165) is 11.1 Å². The van der Waals surface area contributed by atoms with Crippen molar-refractivity contribution >= 4 is 16.8 Å². The van der Waals surface area contributed by atoms with Crippen molar-refractivity contribution < 1.29 is 4.79 Å². The predicted octanol–water partition coefficient (Wildman–Crippen LogP) is 4.34. The van der Waals surface area contributed by atoms with Crippen molar-refractivity contribution in [3.05, 3.63) is 71.8 Å². The molecule has 0 spiro atoms. The van der Waals surface area contributed by atoms with Crippen LogP contribution in [0, 0.1) is 0 Å². The molecule has 0 amide bonds. The third-order valence-corrected chi connectivity index (χ3v) is 3.46. The zero-order chi connectivity index (χ0) is 13.0. The molecule has 2 heteroatoms. The summed E-state index contributed by atoms with van der Waals surface area (Å²) in [7, 11) is 0. The number of benzene rings is 2. The van der Waals surface area contributed by atoms with E-state index in [4.69, 9.17) is 11.6 Å². The summed E-state index contributed by atoms with van der Waals surface area (Å²) in [5.41, 5.74) is 2.09. The standard InChI is InChI=1S/C16H15ClO/c1-12(13-8-4-2-5-9-13)15(16(17)18)14-10-6-3-7-11-14/h2-12,15H,1H3. The highest BCUT2D eigenvalue weighted by atomic mass is 35.5. The summed E-state index contributed by atoms with van der Waals surface area (Å²) in [6.45, 7) is 2.04. The molecule has 18 heavy (non-hydrogen) atoms. The second-order valence-corrected chi connectivity index (χ2v) is 4.76. The number of hydrogen-bond acceptors (Lipinski definition) is 1. The SMILES string of the molecule is CC(c1ccccc1)C(C(=O)Cl)c1ccccc1. The van der Waals surface area contributed by atoms with Crippen LogP contribution in [-0.2, 0) is 4.79 Å². The molecule has 2 rings (SSSR count). The number of halogens is 1. The lowest BCUT2D eigenvalue weighted by Gasteiger charge is -2.21. The number of carbonyl (C=O) groups is 1. The van der Waals surface area contributed by atoms with Crippen LogP contribution in [0.3, 0.4) is 0 Å². The van der Waals surface area contributed by atoms with Gasteiger partial charge in [0.2, 0.25) is 5.24 Å². The molecule has 2 aromatic rings. The smallest absolute Gasteiger partial charge is 0.229 e. The molecule has 92 valence electrons. The van der Waals surface area contributed by atoms with Crippen LogP contribution in [0.1, 0.15) is 29.9 Å². The summed E-state index contributed by atoms with van der Waals surface area (Å²) in [6, 6.07) is 19.7. The van der Waals surface area contributed by atoms with E-state index < -0.39 is 0 Å². The van der Waals surface area contributed by atoms with Crippen molar-refractivity contribution in [3.8, 4) is 0 Å². The average molecular weight is 259 g/mol. The van der Waals surface area contributed by atoms with E-state index in [1.165, 1.54) is 0 Å². The van der Waals surface area contributed by atoms with Gasteiger partial charge in [-0.15, -0.1) is 0 Å². The summed E-state index contributed by atoms with van der Waals surface area (Å²) in [4.78, 5) is 11.7. The largest absolute Gasteiger partial charge is 0.281 e. The lowest BCUT2D eigenvalue weighted by Crippen LogP contribution is -2.14. The first-order valence-corrected chi connectivity index (χ1v) is 6.37. The van der Waals surface area contributed by atoms with Gasteiger partial charge in [0.1, 0.15) is 0 Å². The Bertz CT molecular complexity index is 507. The fourth-order valence-corrected chi connectivity index (χ4v) is 2.54. The summed E-state index contributed by atoms with van der Waals surface area (Å²) in [5, 5.41) is -0.308. The van der Waals surface area contributed by atoms with Gasteiger partial charge in [-0.05, 0) is 28.6 Å². The van der Waals surface area contributed by atoms with Crippen molar-refractivity contribution in [1.82, 2.24) is 0 Å². The Balaban J connectivity index is 2.35. The number of hydrogen-bond donors (Lipinski definition) is 0. The predicted molar refractivity (Wildman–Crippen MR) is 74.9 cm³/mol. The highest BCUT2D eigenvalue weighted by Crippen LogP contribution is 2.34. The quantitative estimate of drug-likeness (QED) is 0.746. The highest BCUT2D eigenvalue weighted by Gasteiger charge is 2.26. The van der Waals surface area contributed by atoms with E-state index in [-0.39, 0.29) is 17.1 Å². The van der Waals surface area contributed by atoms with Gasteiger partial charge >= 0.3 is 0 Å². The van der Waals surface area contributed by atoms with Gasteiger partial charge in [0.05, 0.1) is 5.92 Å². The third-order valence-electron chi connectivity index (χ3n) is 3.23. The lowest BCUT2D eigenvalue weighted by atomic mass is 9.83. The molecule has 2 unspecified atom stereocenters. The molecule has 0 aliphatic heterocycles. The molecule has 0 aromatic heterocycles. The van der Waals surface area contributed by atoms with Crippen LogP contribution in [0.2, 0.25) is 0 Å². The molecule has 0 bridgehead atoms. The van der Waals surface area contributed by atoms with Gasteiger partial charge < -0.3 is 0 Å². The minimum Gasteiger partial charge on any atom is -0.281 e. The minimum atomic E-state index is -0.308. The monoisotopic (exact) mass is 258 g/mol. The maximum absolute atomic E-state index is 11.7. The molecular formula is C16H15ClO. The first-order valence-electron chi connectivity index (χ1n) is 5.99. The van der Waals surface area contributed by atoms with Crippen LogP contribution in [0.5, 0.6) is 0 Å². The Morgan fingerprint density at radius 3 is 1.78 bits per heavy atom. The van der Waals surface area contributed by atoms with Crippen LogP contribution >= 0.6 is 11.6 Å². The summed E-state index contributed by atoms with van der Waals surface area (Å²) < 4.78 is 0. The Morgan fingerprint density at radius 2 is 1.33 bits per heavy atom. The first kappa shape index (κ1) is 12.8. The molecule has 0 heterocycles. The molecule has 0 aliphatic carbocycles. The molecular weight excluding hydrogens is 244 g/mol. The van der Waals surface area contributed by atoms with Crippen LogP contribution < -0.4 is 0 Å². The number of carbonyl (C=O) groups excluding carboxylic acids is 1. The van der Waals surface area contributed by atoms with E-state index in [9.17, 15) is 4.79 Å². The lowest BCUT2D eigenvalue weighted by molar-refractivity contribution is -0.113. The summed E-state index contributed by atoms with van der Waals surface area (Å²) >= 11 is 5.78. The van der Waals surface area contributed by atoms with Crippen LogP contribution in [0.4, 0.5) is 0 Å². The average Bonchev–Trinajstić information content (AvgIpc) is 2.40. The maximum Gasteiger partial charge on any atom is 0.229 e. The van der Waals surface area contributed by atoms with Gasteiger partial charge in [0.15, 0.2) is 0 Å². The minimum absolute atomic E-state index is 0.0681. The second kappa shape index (κ2) is 5.83. The normalized spacial score (nSPS) is 13.9. The fraction of sp³-hybridized carbons (Fsp3) is 0.188. The van der Waals surface area contributed by atoms with Gasteiger partial charge in [-0.3, -0.25) is 4.79 Å². The maximum atomic E-state index is 11.7. The Labute approximate surface area is 112 Å². The van der Waals surface area contributed by atoms with E-state index in [1.807, 2.05) is 67.6 Å². The zero-order valence-electron chi connectivity index (χ0n) is 10.2. The molecule has 2 aromatic carbocycles.